The quantitative estimate of drug-likeness (QED) is 0.117. The second-order valence-corrected chi connectivity index (χ2v) is 18.8. The number of hydrogen-bond acceptors (Lipinski definition) is 1. The topological polar surface area (TPSA) is 9.86 Å². The molecule has 3 aromatic heterocycles. The summed E-state index contributed by atoms with van der Waals surface area (Å²) >= 11 is 1.59. The second kappa shape index (κ2) is 13.0. The average Bonchev–Trinajstić information content (AvgIpc) is 4.06. The molecule has 0 saturated heterocycles. The summed E-state index contributed by atoms with van der Waals surface area (Å²) in [6.45, 7) is 0. The van der Waals surface area contributed by atoms with Gasteiger partial charge < -0.3 is 9.13 Å². The van der Waals surface area contributed by atoms with Gasteiger partial charge in [-0.1, -0.05) is 176 Å². The molecule has 0 spiro atoms. The van der Waals surface area contributed by atoms with Crippen molar-refractivity contribution in [1.29, 1.82) is 0 Å². The Morgan fingerprint density at radius 3 is 1.59 bits per heavy atom. The van der Waals surface area contributed by atoms with Crippen molar-refractivity contribution in [3.05, 3.63) is 218 Å². The maximum Gasteiger partial charge on any atom is 0.179 e. The number of hydrogen-bond donors (Lipinski definition) is 0. The Balaban J connectivity index is 1.33. The van der Waals surface area contributed by atoms with Crippen molar-refractivity contribution >= 4 is 104 Å². The smallest absolute Gasteiger partial charge is 0.179 e. The van der Waals surface area contributed by atoms with Crippen molar-refractivity contribution in [2.75, 3.05) is 0 Å². The third-order valence-corrected chi connectivity index (χ3v) is 16.6. The number of fused-ring (bicyclic) bond motifs is 10. The van der Waals surface area contributed by atoms with Crippen LogP contribution >= 0.6 is 11.3 Å². The number of benzene rings is 9. The molecule has 0 fully saturated rings. The van der Waals surface area contributed by atoms with Crippen molar-refractivity contribution in [3.8, 4) is 11.4 Å². The molecule has 0 aliphatic rings. The summed E-state index contributed by atoms with van der Waals surface area (Å²) < 4.78 is 138. The van der Waals surface area contributed by atoms with Gasteiger partial charge >= 0.3 is 0 Å². The minimum Gasteiger partial charge on any atom is -0.309 e. The van der Waals surface area contributed by atoms with Crippen LogP contribution in [0, 0.1) is 0 Å². The van der Waals surface area contributed by atoms with Crippen molar-refractivity contribution in [3.63, 3.8) is 0 Å². The van der Waals surface area contributed by atoms with Gasteiger partial charge in [-0.25, -0.2) is 0 Å². The molecule has 0 radical (unpaired) electrons. The van der Waals surface area contributed by atoms with E-state index in [1.54, 1.807) is 46.2 Å². The van der Waals surface area contributed by atoms with Crippen molar-refractivity contribution in [1.82, 2.24) is 9.13 Å². The number of aromatic nitrogens is 2. The molecule has 2 nitrogen and oxygen atoms in total. The van der Waals surface area contributed by atoms with Gasteiger partial charge in [-0.05, 0) is 63.2 Å². The van der Waals surface area contributed by atoms with E-state index in [4.69, 9.17) is 8.22 Å². The van der Waals surface area contributed by atoms with Crippen LogP contribution < -0.4 is 20.7 Å². The van der Waals surface area contributed by atoms with Crippen LogP contribution in [0.15, 0.2) is 218 Å². The first kappa shape index (κ1) is 22.1. The van der Waals surface area contributed by atoms with Crippen molar-refractivity contribution in [2.45, 2.75) is 0 Å². The molecule has 0 N–H and O–H groups in total. The van der Waals surface area contributed by atoms with E-state index in [2.05, 4.69) is 34.9 Å². The van der Waals surface area contributed by atoms with Crippen LogP contribution in [0.4, 0.5) is 0 Å². The Morgan fingerprint density at radius 2 is 0.948 bits per heavy atom. The highest BCUT2D eigenvalue weighted by atomic mass is 32.1. The van der Waals surface area contributed by atoms with Crippen LogP contribution in [0.1, 0.15) is 19.2 Å². The third kappa shape index (κ3) is 4.70. The van der Waals surface area contributed by atoms with Gasteiger partial charge in [-0.15, -0.1) is 11.3 Å². The van der Waals surface area contributed by atoms with Gasteiger partial charge in [0.1, 0.15) is 0 Å². The predicted octanol–water partition coefficient (Wildman–Crippen LogP) is 11.6. The Morgan fingerprint density at radius 1 is 0.431 bits per heavy atom. The number of rotatable bonds is 6. The van der Waals surface area contributed by atoms with Gasteiger partial charge in [-0.2, -0.15) is 0 Å². The fraction of sp³-hybridized carbons (Fsp3) is 0. The van der Waals surface area contributed by atoms with Crippen LogP contribution in [0.25, 0.3) is 75.2 Å². The minimum atomic E-state index is -5.24. The van der Waals surface area contributed by atoms with E-state index in [9.17, 15) is 11.0 Å². The largest absolute Gasteiger partial charge is 0.309 e. The number of para-hydroxylation sites is 3. The molecule has 0 saturated carbocycles. The summed E-state index contributed by atoms with van der Waals surface area (Å²) in [5.74, 6) is 0. The molecular weight excluding hydrogens is 737 g/mol. The lowest BCUT2D eigenvalue weighted by molar-refractivity contribution is 1.18. The van der Waals surface area contributed by atoms with E-state index in [0.29, 0.717) is 11.0 Å². The van der Waals surface area contributed by atoms with Gasteiger partial charge in [0.25, 0.3) is 0 Å². The van der Waals surface area contributed by atoms with Crippen LogP contribution in [-0.4, -0.2) is 17.2 Å². The molecule has 0 atom stereocenters. The first-order valence-corrected chi connectivity index (χ1v) is 21.6. The first-order valence-electron chi connectivity index (χ1n) is 25.8. The number of nitrogens with zero attached hydrogens (tertiary/aromatic N) is 2. The maximum atomic E-state index is 10.7. The summed E-state index contributed by atoms with van der Waals surface area (Å²) in [6.07, 6.45) is 0. The van der Waals surface area contributed by atoms with E-state index in [-0.39, 0.29) is 16.1 Å². The summed E-state index contributed by atoms with van der Waals surface area (Å²) in [5.41, 5.74) is 3.80. The minimum absolute atomic E-state index is 0.122. The van der Waals surface area contributed by atoms with Crippen molar-refractivity contribution < 1.29 is 19.2 Å². The molecule has 3 heterocycles. The normalized spacial score (nSPS) is 15.5. The summed E-state index contributed by atoms with van der Waals surface area (Å²) in [6, 6.07) is 31.9. The van der Waals surface area contributed by atoms with Crippen LogP contribution in [0.5, 0.6) is 0 Å². The molecular formula is C54H36N2SSi. The van der Waals surface area contributed by atoms with Crippen LogP contribution in [-0.2, 0) is 0 Å². The van der Waals surface area contributed by atoms with E-state index in [1.165, 1.54) is 0 Å². The van der Waals surface area contributed by atoms with Gasteiger partial charge in [-0.3, -0.25) is 0 Å². The molecule has 0 amide bonds. The van der Waals surface area contributed by atoms with Gasteiger partial charge in [0, 0.05) is 42.7 Å². The Kier molecular flexibility index (Phi) is 4.96. The zero-order valence-electron chi connectivity index (χ0n) is 44.5. The molecule has 0 aliphatic carbocycles. The molecule has 0 bridgehead atoms. The summed E-state index contributed by atoms with van der Waals surface area (Å²) in [5, 5.41) is 4.07. The molecule has 12 aromatic rings. The highest BCUT2D eigenvalue weighted by Crippen LogP contribution is 2.47. The lowest BCUT2D eigenvalue weighted by Crippen LogP contribution is -2.74. The molecule has 4 heteroatoms. The lowest BCUT2D eigenvalue weighted by Gasteiger charge is -2.34. The lowest BCUT2D eigenvalue weighted by atomic mass is 10.1. The Labute approximate surface area is 360 Å². The Hall–Kier alpha value is -6.98. The summed E-state index contributed by atoms with van der Waals surface area (Å²) in [4.78, 5) is 0. The fourth-order valence-electron chi connectivity index (χ4n) is 8.91. The highest BCUT2D eigenvalue weighted by molar-refractivity contribution is 7.26. The average molecular weight is 787 g/mol. The molecule has 12 rings (SSSR count). The molecule has 9 aromatic carbocycles. The van der Waals surface area contributed by atoms with E-state index in [0.717, 1.165) is 58.4 Å². The molecule has 58 heavy (non-hydrogen) atoms. The molecule has 0 aliphatic heterocycles. The standard InChI is InChI=1S/C54H36N2SSi/c1-4-20-38(21-5-1)58(39-22-6-2-7-23-39,40-24-8-3-9-25-40)41-26-18-19-37(35-41)55-47-31-14-12-29-44(47)46-36-50(54-52(53(46)55)45-30-13-17-34-51(45)57-54)56-48-32-15-10-27-42(48)43-28-11-16-33-49(43)56/h1-36H/i1D,2D,4D,5D,6D,7D,18D,19D,20D,21D,22D,23D,26D,35D. The Bertz CT molecular complexity index is 4170. The second-order valence-electron chi connectivity index (χ2n) is 14.2. The van der Waals surface area contributed by atoms with Gasteiger partial charge in [0.05, 0.1) is 51.6 Å². The van der Waals surface area contributed by atoms with Crippen LogP contribution in [0.2, 0.25) is 0 Å². The predicted molar refractivity (Wildman–Crippen MR) is 252 cm³/mol. The molecule has 272 valence electrons. The van der Waals surface area contributed by atoms with Crippen molar-refractivity contribution in [2.24, 2.45) is 0 Å². The van der Waals surface area contributed by atoms with Gasteiger partial charge in [0.2, 0.25) is 0 Å². The number of thiophene rings is 1. The highest BCUT2D eigenvalue weighted by Gasteiger charge is 2.41. The third-order valence-electron chi connectivity index (χ3n) is 11.2. The van der Waals surface area contributed by atoms with E-state index >= 15 is 0 Å². The maximum absolute atomic E-state index is 10.7. The zero-order chi connectivity index (χ0) is 50.4. The fourth-order valence-corrected chi connectivity index (χ4v) is 14.0. The first-order chi connectivity index (χ1) is 34.6. The van der Waals surface area contributed by atoms with Crippen LogP contribution in [0.3, 0.4) is 0 Å². The monoisotopic (exact) mass is 786 g/mol. The SMILES string of the molecule is [2H]c1c([2H])c([2H])c([Si](c2ccccc2)(c2c([2H])c([2H])c([2H])c([2H])c2[2H])c2c([2H])c([2H])c([2H])c(-n3c4ccccc4c4cc(-n5c6ccccc6c6ccccc65)c5sc6ccccc6c5c43)c2[2H])c([2H])c1[2H]. The molecule has 0 unspecified atom stereocenters. The van der Waals surface area contributed by atoms with Gasteiger partial charge in [0.15, 0.2) is 8.07 Å². The zero-order valence-corrected chi connectivity index (χ0v) is 32.3. The van der Waals surface area contributed by atoms with E-state index in [1.807, 2.05) is 72.8 Å². The van der Waals surface area contributed by atoms with E-state index < -0.39 is 103 Å². The summed E-state index contributed by atoms with van der Waals surface area (Å²) in [7, 11) is -5.24.